The molecular formula is C12H6N2O5S. The van der Waals surface area contributed by atoms with Crippen LogP contribution in [0.4, 0.5) is 11.4 Å². The van der Waals surface area contributed by atoms with Gasteiger partial charge in [0.05, 0.1) is 14.7 Å². The summed E-state index contributed by atoms with van der Waals surface area (Å²) in [5.74, 6) is 0.376. The number of benzene rings is 2. The molecule has 0 atom stereocenters. The van der Waals surface area contributed by atoms with Crippen LogP contribution in [0.25, 0.3) is 0 Å². The van der Waals surface area contributed by atoms with Crippen LogP contribution in [0.3, 0.4) is 0 Å². The van der Waals surface area contributed by atoms with Crippen LogP contribution in [0.15, 0.2) is 46.2 Å². The van der Waals surface area contributed by atoms with Gasteiger partial charge in [-0.1, -0.05) is 23.9 Å². The second-order valence-electron chi connectivity index (χ2n) is 3.93. The number of ether oxygens (including phenoxy) is 1. The first-order chi connectivity index (χ1) is 9.58. The van der Waals surface area contributed by atoms with Crippen molar-refractivity contribution in [2.45, 2.75) is 9.79 Å². The van der Waals surface area contributed by atoms with Gasteiger partial charge in [-0.25, -0.2) is 0 Å². The molecule has 0 N–H and O–H groups in total. The Balaban J connectivity index is 2.16. The van der Waals surface area contributed by atoms with Gasteiger partial charge in [0, 0.05) is 12.1 Å². The molecule has 0 saturated carbocycles. The van der Waals surface area contributed by atoms with Gasteiger partial charge < -0.3 is 4.74 Å². The summed E-state index contributed by atoms with van der Waals surface area (Å²) < 4.78 is 5.49. The van der Waals surface area contributed by atoms with Crippen molar-refractivity contribution in [1.29, 1.82) is 0 Å². The zero-order valence-corrected chi connectivity index (χ0v) is 10.6. The Morgan fingerprint density at radius 1 is 0.950 bits per heavy atom. The van der Waals surface area contributed by atoms with Crippen LogP contribution in [0.5, 0.6) is 11.5 Å². The maximum Gasteiger partial charge on any atom is 0.312 e. The van der Waals surface area contributed by atoms with Gasteiger partial charge in [-0.3, -0.25) is 20.2 Å². The van der Waals surface area contributed by atoms with Crippen LogP contribution in [-0.2, 0) is 0 Å². The van der Waals surface area contributed by atoms with Crippen LogP contribution in [0.2, 0.25) is 0 Å². The molecule has 1 heterocycles. The maximum atomic E-state index is 11.0. The molecule has 1 aliphatic rings. The van der Waals surface area contributed by atoms with Crippen LogP contribution in [-0.4, -0.2) is 9.85 Å². The van der Waals surface area contributed by atoms with E-state index in [-0.39, 0.29) is 22.9 Å². The Kier molecular flexibility index (Phi) is 2.79. The van der Waals surface area contributed by atoms with E-state index in [2.05, 4.69) is 0 Å². The number of para-hydroxylation sites is 1. The lowest BCUT2D eigenvalue weighted by Gasteiger charge is -2.18. The first-order valence-electron chi connectivity index (χ1n) is 5.48. The topological polar surface area (TPSA) is 95.5 Å². The van der Waals surface area contributed by atoms with Crippen molar-refractivity contribution in [2.24, 2.45) is 0 Å². The largest absolute Gasteiger partial charge is 0.447 e. The van der Waals surface area contributed by atoms with Crippen LogP contribution in [0, 0.1) is 20.2 Å². The highest BCUT2D eigenvalue weighted by Crippen LogP contribution is 2.53. The van der Waals surface area contributed by atoms with Crippen LogP contribution in [0.1, 0.15) is 0 Å². The molecule has 0 spiro atoms. The summed E-state index contributed by atoms with van der Waals surface area (Å²) in [6, 6.07) is 8.89. The minimum absolute atomic E-state index is 0.0790. The van der Waals surface area contributed by atoms with Crippen molar-refractivity contribution < 1.29 is 14.6 Å². The zero-order chi connectivity index (χ0) is 14.3. The highest BCUT2D eigenvalue weighted by molar-refractivity contribution is 7.99. The van der Waals surface area contributed by atoms with Crippen molar-refractivity contribution >= 4 is 23.1 Å². The number of hydrogen-bond donors (Lipinski definition) is 0. The third kappa shape index (κ3) is 1.86. The molecule has 7 nitrogen and oxygen atoms in total. The van der Waals surface area contributed by atoms with E-state index < -0.39 is 9.85 Å². The van der Waals surface area contributed by atoms with Gasteiger partial charge in [0.15, 0.2) is 0 Å². The SMILES string of the molecule is O=[N+]([O-])c1cccc2c1Oc1cccc([N+](=O)[O-])c1S2. The molecule has 0 radical (unpaired) electrons. The molecule has 3 rings (SSSR count). The Morgan fingerprint density at radius 2 is 1.60 bits per heavy atom. The summed E-state index contributed by atoms with van der Waals surface area (Å²) in [5, 5.41) is 22.0. The Morgan fingerprint density at radius 3 is 2.30 bits per heavy atom. The van der Waals surface area contributed by atoms with E-state index in [4.69, 9.17) is 4.74 Å². The number of fused-ring (bicyclic) bond motifs is 2. The molecule has 8 heteroatoms. The van der Waals surface area contributed by atoms with Crippen molar-refractivity contribution in [3.63, 3.8) is 0 Å². The summed E-state index contributed by atoms with van der Waals surface area (Å²) in [5.41, 5.74) is -0.239. The zero-order valence-electron chi connectivity index (χ0n) is 9.81. The Hall–Kier alpha value is -2.61. The fraction of sp³-hybridized carbons (Fsp3) is 0. The second kappa shape index (κ2) is 4.49. The lowest BCUT2D eigenvalue weighted by Crippen LogP contribution is -2.01. The number of rotatable bonds is 2. The summed E-state index contributed by atoms with van der Waals surface area (Å²) in [6.07, 6.45) is 0. The van der Waals surface area contributed by atoms with Crippen LogP contribution < -0.4 is 4.74 Å². The molecule has 0 saturated heterocycles. The summed E-state index contributed by atoms with van der Waals surface area (Å²) in [4.78, 5) is 21.8. The summed E-state index contributed by atoms with van der Waals surface area (Å²) in [7, 11) is 0. The number of nitro benzene ring substituents is 2. The minimum Gasteiger partial charge on any atom is -0.447 e. The van der Waals surface area contributed by atoms with Crippen molar-refractivity contribution in [2.75, 3.05) is 0 Å². The number of nitro groups is 2. The molecule has 100 valence electrons. The second-order valence-corrected chi connectivity index (χ2v) is 4.98. The quantitative estimate of drug-likeness (QED) is 0.526. The van der Waals surface area contributed by atoms with Crippen molar-refractivity contribution in [3.8, 4) is 11.5 Å². The van der Waals surface area contributed by atoms with Gasteiger partial charge in [0.25, 0.3) is 5.69 Å². The average Bonchev–Trinajstić information content (AvgIpc) is 2.43. The molecule has 20 heavy (non-hydrogen) atoms. The first kappa shape index (κ1) is 12.4. The van der Waals surface area contributed by atoms with Gasteiger partial charge >= 0.3 is 5.69 Å². The predicted octanol–water partition coefficient (Wildman–Crippen LogP) is 3.76. The third-order valence-corrected chi connectivity index (χ3v) is 3.89. The van der Waals surface area contributed by atoms with Crippen LogP contribution >= 0.6 is 11.8 Å². The standard InChI is InChI=1S/C12H6N2O5S/c15-13(16)7-3-2-6-10-11(7)19-9-5-1-4-8(14(17)18)12(9)20-10/h1-6H. The van der Waals surface area contributed by atoms with Gasteiger partial charge in [-0.2, -0.15) is 0 Å². The fourth-order valence-corrected chi connectivity index (χ4v) is 2.94. The fourth-order valence-electron chi connectivity index (χ4n) is 1.88. The molecule has 0 fully saturated rings. The third-order valence-electron chi connectivity index (χ3n) is 2.73. The Bertz CT molecular complexity index is 683. The van der Waals surface area contributed by atoms with E-state index in [0.29, 0.717) is 9.79 Å². The summed E-state index contributed by atoms with van der Waals surface area (Å²) in [6.45, 7) is 0. The highest BCUT2D eigenvalue weighted by atomic mass is 32.2. The maximum absolute atomic E-state index is 11.0. The van der Waals surface area contributed by atoms with Crippen molar-refractivity contribution in [3.05, 3.63) is 56.6 Å². The van der Waals surface area contributed by atoms with E-state index >= 15 is 0 Å². The molecule has 0 bridgehead atoms. The van der Waals surface area contributed by atoms with E-state index in [1.54, 1.807) is 12.1 Å². The lowest BCUT2D eigenvalue weighted by molar-refractivity contribution is -0.388. The molecule has 0 aromatic heterocycles. The molecule has 0 unspecified atom stereocenters. The normalized spacial score (nSPS) is 12.0. The lowest BCUT2D eigenvalue weighted by atomic mass is 10.2. The summed E-state index contributed by atoms with van der Waals surface area (Å²) >= 11 is 1.10. The molecule has 0 amide bonds. The average molecular weight is 290 g/mol. The highest BCUT2D eigenvalue weighted by Gasteiger charge is 2.30. The number of hydrogen-bond acceptors (Lipinski definition) is 6. The van der Waals surface area contributed by atoms with E-state index in [0.717, 1.165) is 11.8 Å². The van der Waals surface area contributed by atoms with Gasteiger partial charge in [-0.05, 0) is 12.1 Å². The molecule has 2 aromatic rings. The van der Waals surface area contributed by atoms with Gasteiger partial charge in [-0.15, -0.1) is 0 Å². The smallest absolute Gasteiger partial charge is 0.312 e. The van der Waals surface area contributed by atoms with Crippen molar-refractivity contribution in [1.82, 2.24) is 0 Å². The van der Waals surface area contributed by atoms with Gasteiger partial charge in [0.1, 0.15) is 10.6 Å². The molecule has 1 aliphatic heterocycles. The predicted molar refractivity (Wildman–Crippen MR) is 70.4 cm³/mol. The number of nitrogens with zero attached hydrogens (tertiary/aromatic N) is 2. The van der Waals surface area contributed by atoms with Gasteiger partial charge in [0.2, 0.25) is 5.75 Å². The van der Waals surface area contributed by atoms with E-state index in [9.17, 15) is 20.2 Å². The minimum atomic E-state index is -0.540. The molecule has 0 aliphatic carbocycles. The Labute approximate surface area is 116 Å². The van der Waals surface area contributed by atoms with E-state index in [1.807, 2.05) is 0 Å². The molecule has 2 aromatic carbocycles. The monoisotopic (exact) mass is 290 g/mol. The van der Waals surface area contributed by atoms with E-state index in [1.165, 1.54) is 24.3 Å². The first-order valence-corrected chi connectivity index (χ1v) is 6.30. The molecular weight excluding hydrogens is 284 g/mol.